The Bertz CT molecular complexity index is 644. The van der Waals surface area contributed by atoms with Gasteiger partial charge >= 0.3 is 0 Å². The van der Waals surface area contributed by atoms with Crippen molar-refractivity contribution in [2.24, 2.45) is 0 Å². The molecule has 0 spiro atoms. The molecule has 1 amide bonds. The number of carbonyl (C=O) groups excluding carboxylic acids is 1. The molecule has 0 fully saturated rings. The summed E-state index contributed by atoms with van der Waals surface area (Å²) in [5.74, 6) is -0.467. The van der Waals surface area contributed by atoms with Crippen molar-refractivity contribution in [1.82, 2.24) is 19.8 Å². The predicted octanol–water partition coefficient (Wildman–Crippen LogP) is 2.27. The molecule has 1 aromatic carbocycles. The number of carbonyl (C=O) groups is 1. The molecule has 118 valence electrons. The molecule has 0 aliphatic rings. The predicted molar refractivity (Wildman–Crippen MR) is 84.4 cm³/mol. The zero-order valence-electron chi connectivity index (χ0n) is 12.8. The van der Waals surface area contributed by atoms with E-state index in [9.17, 15) is 9.18 Å². The Kier molecular flexibility index (Phi) is 5.57. The van der Waals surface area contributed by atoms with Crippen LogP contribution in [0, 0.1) is 5.82 Å². The van der Waals surface area contributed by atoms with Crippen molar-refractivity contribution in [3.63, 3.8) is 0 Å². The summed E-state index contributed by atoms with van der Waals surface area (Å²) < 4.78 is 17.2. The molecule has 1 aromatic heterocycles. The fourth-order valence-electron chi connectivity index (χ4n) is 2.19. The number of nitrogens with zero attached hydrogens (tertiary/aromatic N) is 3. The third-order valence-corrected chi connectivity index (χ3v) is 4.18. The Hall–Kier alpha value is -1.86. The summed E-state index contributed by atoms with van der Waals surface area (Å²) in [6, 6.07) is 6.32. The van der Waals surface area contributed by atoms with E-state index in [1.807, 2.05) is 32.0 Å². The first kappa shape index (κ1) is 16.5. The number of likely N-dealkylation sites (N-methyl/N-ethyl adjacent to an activating group) is 1. The third-order valence-electron chi connectivity index (χ3n) is 3.41. The number of hydrogen-bond acceptors (Lipinski definition) is 5. The van der Waals surface area contributed by atoms with Crippen molar-refractivity contribution in [3.05, 3.63) is 46.2 Å². The second kappa shape index (κ2) is 7.42. The lowest BCUT2D eigenvalue weighted by Crippen LogP contribution is -2.34. The number of halogens is 1. The molecule has 0 radical (unpaired) electrons. The molecule has 2 rings (SSSR count). The van der Waals surface area contributed by atoms with Crippen LogP contribution in [-0.4, -0.2) is 41.0 Å². The topological polar surface area (TPSA) is 58.1 Å². The van der Waals surface area contributed by atoms with Crippen molar-refractivity contribution >= 4 is 17.4 Å². The van der Waals surface area contributed by atoms with Gasteiger partial charge in [0.2, 0.25) is 0 Å². The summed E-state index contributed by atoms with van der Waals surface area (Å²) in [4.78, 5) is 14.7. The fourth-order valence-corrected chi connectivity index (χ4v) is 2.86. The minimum atomic E-state index is -0.282. The number of aryl methyl sites for hydroxylation is 1. The molecule has 0 saturated heterocycles. The standard InChI is InChI=1S/C15H19FN4OS/c1-4-12-14(22-19-18-12)15(21)17-9-13(20(2)3)10-6-5-7-11(16)8-10/h5-8,13H,4,9H2,1-3H3,(H,17,21)/t13-/m1/s1. The number of nitrogens with one attached hydrogen (secondary N) is 1. The highest BCUT2D eigenvalue weighted by Crippen LogP contribution is 2.19. The van der Waals surface area contributed by atoms with E-state index in [1.165, 1.54) is 12.1 Å². The fraction of sp³-hybridized carbons (Fsp3) is 0.400. The maximum Gasteiger partial charge on any atom is 0.265 e. The molecule has 0 bridgehead atoms. The van der Waals surface area contributed by atoms with Crippen LogP contribution in [0.4, 0.5) is 4.39 Å². The van der Waals surface area contributed by atoms with Crippen LogP contribution < -0.4 is 5.32 Å². The zero-order chi connectivity index (χ0) is 16.1. The minimum Gasteiger partial charge on any atom is -0.349 e. The van der Waals surface area contributed by atoms with E-state index in [2.05, 4.69) is 14.9 Å². The number of aromatic nitrogens is 2. The summed E-state index contributed by atoms with van der Waals surface area (Å²) in [6.07, 6.45) is 0.667. The van der Waals surface area contributed by atoms with Crippen LogP contribution >= 0.6 is 11.5 Å². The van der Waals surface area contributed by atoms with E-state index in [4.69, 9.17) is 0 Å². The van der Waals surface area contributed by atoms with Gasteiger partial charge in [-0.2, -0.15) is 0 Å². The molecule has 2 aromatic rings. The van der Waals surface area contributed by atoms with Gasteiger partial charge in [-0.1, -0.05) is 23.5 Å². The number of hydrogen-bond donors (Lipinski definition) is 1. The van der Waals surface area contributed by atoms with Gasteiger partial charge in [-0.05, 0) is 49.7 Å². The largest absolute Gasteiger partial charge is 0.349 e. The van der Waals surface area contributed by atoms with E-state index in [0.29, 0.717) is 23.5 Å². The van der Waals surface area contributed by atoms with Gasteiger partial charge in [-0.15, -0.1) is 5.10 Å². The first-order valence-electron chi connectivity index (χ1n) is 7.04. The molecular weight excluding hydrogens is 303 g/mol. The van der Waals surface area contributed by atoms with Gasteiger partial charge in [-0.3, -0.25) is 4.79 Å². The van der Waals surface area contributed by atoms with Crippen LogP contribution in [0.25, 0.3) is 0 Å². The first-order chi connectivity index (χ1) is 10.5. The van der Waals surface area contributed by atoms with Gasteiger partial charge in [-0.25, -0.2) is 4.39 Å². The van der Waals surface area contributed by atoms with E-state index < -0.39 is 0 Å². The number of rotatable bonds is 6. The second-order valence-corrected chi connectivity index (χ2v) is 5.90. The zero-order valence-corrected chi connectivity index (χ0v) is 13.7. The average molecular weight is 322 g/mol. The van der Waals surface area contributed by atoms with Crippen LogP contribution in [-0.2, 0) is 6.42 Å². The quantitative estimate of drug-likeness (QED) is 0.886. The smallest absolute Gasteiger partial charge is 0.265 e. The molecule has 0 saturated carbocycles. The Morgan fingerprint density at radius 3 is 2.86 bits per heavy atom. The molecule has 22 heavy (non-hydrogen) atoms. The van der Waals surface area contributed by atoms with Crippen molar-refractivity contribution in [2.75, 3.05) is 20.6 Å². The van der Waals surface area contributed by atoms with Gasteiger partial charge in [0.05, 0.1) is 11.7 Å². The van der Waals surface area contributed by atoms with Gasteiger partial charge in [0, 0.05) is 6.54 Å². The average Bonchev–Trinajstić information content (AvgIpc) is 2.95. The molecule has 1 N–H and O–H groups in total. The summed E-state index contributed by atoms with van der Waals surface area (Å²) >= 11 is 1.09. The molecule has 0 aliphatic carbocycles. The van der Waals surface area contributed by atoms with Gasteiger partial charge < -0.3 is 10.2 Å². The molecule has 0 aliphatic heterocycles. The highest BCUT2D eigenvalue weighted by atomic mass is 32.1. The minimum absolute atomic E-state index is 0.106. The highest BCUT2D eigenvalue weighted by molar-refractivity contribution is 7.08. The van der Waals surface area contributed by atoms with Gasteiger partial charge in [0.25, 0.3) is 5.91 Å². The van der Waals surface area contributed by atoms with Crippen molar-refractivity contribution in [2.45, 2.75) is 19.4 Å². The Balaban J connectivity index is 2.08. The van der Waals surface area contributed by atoms with Crippen molar-refractivity contribution < 1.29 is 9.18 Å². The van der Waals surface area contributed by atoms with Crippen LogP contribution in [0.2, 0.25) is 0 Å². The molecule has 5 nitrogen and oxygen atoms in total. The summed E-state index contributed by atoms with van der Waals surface area (Å²) in [6.45, 7) is 2.32. The lowest BCUT2D eigenvalue weighted by Gasteiger charge is -2.25. The van der Waals surface area contributed by atoms with E-state index in [-0.39, 0.29) is 17.8 Å². The Morgan fingerprint density at radius 2 is 2.23 bits per heavy atom. The summed E-state index contributed by atoms with van der Waals surface area (Å²) in [5.41, 5.74) is 1.53. The Morgan fingerprint density at radius 1 is 1.45 bits per heavy atom. The molecule has 7 heteroatoms. The summed E-state index contributed by atoms with van der Waals surface area (Å²) in [7, 11) is 3.79. The van der Waals surface area contributed by atoms with Crippen molar-refractivity contribution in [3.8, 4) is 0 Å². The molecule has 1 heterocycles. The number of amides is 1. The Labute approximate surface area is 133 Å². The van der Waals surface area contributed by atoms with Crippen LogP contribution in [0.15, 0.2) is 24.3 Å². The molecular formula is C15H19FN4OS. The molecule has 0 unspecified atom stereocenters. The van der Waals surface area contributed by atoms with Crippen molar-refractivity contribution in [1.29, 1.82) is 0 Å². The lowest BCUT2D eigenvalue weighted by molar-refractivity contribution is 0.0945. The van der Waals surface area contributed by atoms with E-state index >= 15 is 0 Å². The monoisotopic (exact) mass is 322 g/mol. The lowest BCUT2D eigenvalue weighted by atomic mass is 10.1. The normalized spacial score (nSPS) is 12.4. The third kappa shape index (κ3) is 3.86. The van der Waals surface area contributed by atoms with Gasteiger partial charge in [0.1, 0.15) is 10.7 Å². The van der Waals surface area contributed by atoms with E-state index in [0.717, 1.165) is 17.1 Å². The van der Waals surface area contributed by atoms with Crippen LogP contribution in [0.5, 0.6) is 0 Å². The SMILES string of the molecule is CCc1nnsc1C(=O)NC[C@H](c1cccc(F)c1)N(C)C. The maximum atomic E-state index is 13.4. The first-order valence-corrected chi connectivity index (χ1v) is 7.81. The summed E-state index contributed by atoms with van der Waals surface area (Å²) in [5, 5.41) is 6.82. The highest BCUT2D eigenvalue weighted by Gasteiger charge is 2.19. The second-order valence-electron chi connectivity index (χ2n) is 5.15. The molecule has 1 atom stereocenters. The van der Waals surface area contributed by atoms with Gasteiger partial charge in [0.15, 0.2) is 0 Å². The maximum absolute atomic E-state index is 13.4. The van der Waals surface area contributed by atoms with Crippen LogP contribution in [0.3, 0.4) is 0 Å². The van der Waals surface area contributed by atoms with E-state index in [1.54, 1.807) is 6.07 Å². The number of benzene rings is 1. The van der Waals surface area contributed by atoms with Crippen LogP contribution in [0.1, 0.15) is 33.9 Å².